The Morgan fingerprint density at radius 3 is 2.41 bits per heavy atom. The fraction of sp³-hybridized carbons (Fsp3) is 0.0588. The van der Waals surface area contributed by atoms with Gasteiger partial charge in [-0.25, -0.2) is 0 Å². The first-order chi connectivity index (χ1) is 10.5. The number of pyridine rings is 1. The second-order valence-electron chi connectivity index (χ2n) is 4.77. The van der Waals surface area contributed by atoms with Crippen molar-refractivity contribution in [3.8, 4) is 0 Å². The number of carbonyl (C=O) groups is 1. The van der Waals surface area contributed by atoms with Crippen LogP contribution in [0.4, 0.5) is 13.2 Å². The van der Waals surface area contributed by atoms with Crippen LogP contribution in [-0.4, -0.2) is 10.8 Å². The third-order valence-corrected chi connectivity index (χ3v) is 3.41. The van der Waals surface area contributed by atoms with E-state index in [9.17, 15) is 18.0 Å². The number of nitrogens with zero attached hydrogens (tertiary/aromatic N) is 1. The maximum Gasteiger partial charge on any atom is 0.417 e. The second-order valence-corrected chi connectivity index (χ2v) is 4.77. The lowest BCUT2D eigenvalue weighted by atomic mass is 9.95. The SMILES string of the molecule is O=C(c1cnccc1C(F)(F)F)c1cccc2ccccc12. The minimum atomic E-state index is -4.60. The molecule has 0 fully saturated rings. The van der Waals surface area contributed by atoms with E-state index in [1.165, 1.54) is 6.07 Å². The number of hydrogen-bond donors (Lipinski definition) is 0. The molecule has 22 heavy (non-hydrogen) atoms. The molecule has 2 nitrogen and oxygen atoms in total. The maximum absolute atomic E-state index is 13.1. The fourth-order valence-corrected chi connectivity index (χ4v) is 2.39. The normalized spacial score (nSPS) is 11.6. The molecule has 1 heterocycles. The van der Waals surface area contributed by atoms with Crippen LogP contribution < -0.4 is 0 Å². The number of aromatic nitrogens is 1. The van der Waals surface area contributed by atoms with Crippen molar-refractivity contribution >= 4 is 16.6 Å². The van der Waals surface area contributed by atoms with Gasteiger partial charge in [-0.1, -0.05) is 42.5 Å². The highest BCUT2D eigenvalue weighted by Gasteiger charge is 2.35. The number of halogens is 3. The highest BCUT2D eigenvalue weighted by molar-refractivity contribution is 6.16. The quantitative estimate of drug-likeness (QED) is 0.653. The van der Waals surface area contributed by atoms with Crippen molar-refractivity contribution in [2.45, 2.75) is 6.18 Å². The van der Waals surface area contributed by atoms with E-state index in [0.29, 0.717) is 5.39 Å². The molecule has 110 valence electrons. The zero-order chi connectivity index (χ0) is 15.7. The first-order valence-corrected chi connectivity index (χ1v) is 6.52. The van der Waals surface area contributed by atoms with Gasteiger partial charge in [-0.3, -0.25) is 9.78 Å². The molecule has 0 unspecified atom stereocenters. The van der Waals surface area contributed by atoms with Gasteiger partial charge in [0, 0.05) is 18.0 Å². The fourth-order valence-electron chi connectivity index (χ4n) is 2.39. The van der Waals surface area contributed by atoms with Gasteiger partial charge in [0.1, 0.15) is 0 Å². The summed E-state index contributed by atoms with van der Waals surface area (Å²) >= 11 is 0. The molecule has 0 saturated carbocycles. The summed E-state index contributed by atoms with van der Waals surface area (Å²) in [6.07, 6.45) is -2.60. The molecule has 0 N–H and O–H groups in total. The lowest BCUT2D eigenvalue weighted by Crippen LogP contribution is -2.14. The second kappa shape index (κ2) is 5.26. The predicted octanol–water partition coefficient (Wildman–Crippen LogP) is 4.48. The molecule has 3 aromatic rings. The van der Waals surface area contributed by atoms with E-state index in [1.807, 2.05) is 6.07 Å². The Bertz CT molecular complexity index is 850. The van der Waals surface area contributed by atoms with Gasteiger partial charge in [0.2, 0.25) is 0 Å². The Hall–Kier alpha value is -2.69. The minimum absolute atomic E-state index is 0.233. The molecule has 5 heteroatoms. The molecule has 0 aliphatic rings. The average Bonchev–Trinajstić information content (AvgIpc) is 2.53. The van der Waals surface area contributed by atoms with Crippen molar-refractivity contribution in [1.29, 1.82) is 0 Å². The van der Waals surface area contributed by atoms with Crippen LogP contribution in [0, 0.1) is 0 Å². The minimum Gasteiger partial charge on any atom is -0.289 e. The highest BCUT2D eigenvalue weighted by atomic mass is 19.4. The van der Waals surface area contributed by atoms with E-state index in [-0.39, 0.29) is 5.56 Å². The molecule has 0 saturated heterocycles. The first kappa shape index (κ1) is 14.3. The number of hydrogen-bond acceptors (Lipinski definition) is 2. The van der Waals surface area contributed by atoms with Crippen LogP contribution in [0.5, 0.6) is 0 Å². The highest BCUT2D eigenvalue weighted by Crippen LogP contribution is 2.33. The lowest BCUT2D eigenvalue weighted by molar-refractivity contribution is -0.137. The number of fused-ring (bicyclic) bond motifs is 1. The van der Waals surface area contributed by atoms with Crippen molar-refractivity contribution in [1.82, 2.24) is 4.98 Å². The summed E-state index contributed by atoms with van der Waals surface area (Å²) in [5, 5.41) is 1.41. The largest absolute Gasteiger partial charge is 0.417 e. The van der Waals surface area contributed by atoms with Crippen LogP contribution in [-0.2, 0) is 6.18 Å². The Balaban J connectivity index is 2.20. The van der Waals surface area contributed by atoms with Crippen LogP contribution in [0.1, 0.15) is 21.5 Å². The third-order valence-electron chi connectivity index (χ3n) is 3.41. The Labute approximate surface area is 124 Å². The van der Waals surface area contributed by atoms with Gasteiger partial charge in [-0.15, -0.1) is 0 Å². The number of carbonyl (C=O) groups excluding carboxylic acids is 1. The van der Waals surface area contributed by atoms with Crippen LogP contribution in [0.3, 0.4) is 0 Å². The van der Waals surface area contributed by atoms with Crippen LogP contribution in [0.2, 0.25) is 0 Å². The Kier molecular flexibility index (Phi) is 3.41. The number of rotatable bonds is 2. The summed E-state index contributed by atoms with van der Waals surface area (Å²) in [6.45, 7) is 0. The summed E-state index contributed by atoms with van der Waals surface area (Å²) in [6, 6.07) is 12.9. The van der Waals surface area contributed by atoms with Crippen LogP contribution in [0.25, 0.3) is 10.8 Å². The first-order valence-electron chi connectivity index (χ1n) is 6.52. The molecule has 0 radical (unpaired) electrons. The van der Waals surface area contributed by atoms with Gasteiger partial charge in [0.15, 0.2) is 5.78 Å². The maximum atomic E-state index is 13.1. The zero-order valence-corrected chi connectivity index (χ0v) is 11.3. The molecule has 0 bridgehead atoms. The monoisotopic (exact) mass is 301 g/mol. The molecule has 1 aromatic heterocycles. The van der Waals surface area contributed by atoms with Gasteiger partial charge in [-0.05, 0) is 16.8 Å². The Morgan fingerprint density at radius 2 is 1.64 bits per heavy atom. The van der Waals surface area contributed by atoms with Crippen molar-refractivity contribution in [3.05, 3.63) is 77.6 Å². The van der Waals surface area contributed by atoms with Crippen molar-refractivity contribution in [2.24, 2.45) is 0 Å². The van der Waals surface area contributed by atoms with Crippen LogP contribution >= 0.6 is 0 Å². The summed E-state index contributed by atoms with van der Waals surface area (Å²) in [5.41, 5.74) is -1.18. The van der Waals surface area contributed by atoms with E-state index in [4.69, 9.17) is 0 Å². The molecule has 0 atom stereocenters. The van der Waals surface area contributed by atoms with Gasteiger partial charge < -0.3 is 0 Å². The molecular weight excluding hydrogens is 291 g/mol. The molecule has 0 aliphatic heterocycles. The molecule has 2 aromatic carbocycles. The molecule has 0 amide bonds. The summed E-state index contributed by atoms with van der Waals surface area (Å²) in [7, 11) is 0. The third kappa shape index (κ3) is 2.45. The van der Waals surface area contributed by atoms with Gasteiger partial charge in [0.25, 0.3) is 0 Å². The molecule has 3 rings (SSSR count). The van der Waals surface area contributed by atoms with Crippen LogP contribution in [0.15, 0.2) is 60.9 Å². The van der Waals surface area contributed by atoms with Crippen molar-refractivity contribution < 1.29 is 18.0 Å². The number of alkyl halides is 3. The summed E-state index contributed by atoms with van der Waals surface area (Å²) in [5.74, 6) is -0.683. The van der Waals surface area contributed by atoms with E-state index >= 15 is 0 Å². The van der Waals surface area contributed by atoms with E-state index in [0.717, 1.165) is 23.8 Å². The number of benzene rings is 2. The van der Waals surface area contributed by atoms with E-state index in [1.54, 1.807) is 30.3 Å². The zero-order valence-electron chi connectivity index (χ0n) is 11.3. The molecule has 0 spiro atoms. The average molecular weight is 301 g/mol. The number of ketones is 1. The molecule has 0 aliphatic carbocycles. The smallest absolute Gasteiger partial charge is 0.289 e. The Morgan fingerprint density at radius 1 is 0.909 bits per heavy atom. The summed E-state index contributed by atoms with van der Waals surface area (Å²) < 4.78 is 39.2. The van der Waals surface area contributed by atoms with Crippen molar-refractivity contribution in [3.63, 3.8) is 0 Å². The summed E-state index contributed by atoms with van der Waals surface area (Å²) in [4.78, 5) is 16.3. The van der Waals surface area contributed by atoms with Crippen molar-refractivity contribution in [2.75, 3.05) is 0 Å². The van der Waals surface area contributed by atoms with E-state index in [2.05, 4.69) is 4.98 Å². The van der Waals surface area contributed by atoms with Gasteiger partial charge in [0.05, 0.1) is 11.1 Å². The topological polar surface area (TPSA) is 30.0 Å². The van der Waals surface area contributed by atoms with Gasteiger partial charge in [-0.2, -0.15) is 13.2 Å². The predicted molar refractivity (Wildman–Crippen MR) is 76.6 cm³/mol. The molecular formula is C17H10F3NO. The van der Waals surface area contributed by atoms with Gasteiger partial charge >= 0.3 is 6.18 Å². The standard InChI is InChI=1S/C17H10F3NO/c18-17(19,20)15-8-9-21-10-14(15)16(22)13-7-3-5-11-4-1-2-6-12(11)13/h1-10H. The van der Waals surface area contributed by atoms with E-state index < -0.39 is 23.1 Å². The lowest BCUT2D eigenvalue weighted by Gasteiger charge is -2.12.